The molecule has 8 heteroatoms. The summed E-state index contributed by atoms with van der Waals surface area (Å²) >= 11 is 4.01. The number of ether oxygens (including phenoxy) is 1. The third-order valence-electron chi connectivity index (χ3n) is 5.55. The molecule has 0 aliphatic heterocycles. The van der Waals surface area contributed by atoms with Gasteiger partial charge in [-0.2, -0.15) is 4.39 Å². The van der Waals surface area contributed by atoms with Crippen molar-refractivity contribution in [3.05, 3.63) is 60.2 Å². The molecule has 0 bridgehead atoms. The van der Waals surface area contributed by atoms with Crippen LogP contribution in [0.15, 0.2) is 42.9 Å². The van der Waals surface area contributed by atoms with Crippen LogP contribution in [0.3, 0.4) is 0 Å². The Balaban J connectivity index is 1.61. The number of hydrogen-bond acceptors (Lipinski definition) is 5. The zero-order valence-electron chi connectivity index (χ0n) is 19.5. The number of aryl methyl sites for hydroxylation is 1. The summed E-state index contributed by atoms with van der Waals surface area (Å²) in [6, 6.07) is 6.32. The number of unbranched alkanes of at least 4 members (excludes halogenated alkanes) is 5. The van der Waals surface area contributed by atoms with E-state index in [9.17, 15) is 13.2 Å². The number of benzene rings is 1. The zero-order valence-corrected chi connectivity index (χ0v) is 20.4. The average molecular weight is 490 g/mol. The molecular formula is C26H30F3N3OS. The first-order valence-electron chi connectivity index (χ1n) is 11.6. The maximum Gasteiger partial charge on any atom is 0.201 e. The summed E-state index contributed by atoms with van der Waals surface area (Å²) in [5.74, 6) is -2.70. The molecule has 0 fully saturated rings. The number of pyridine rings is 1. The Bertz CT molecular complexity index is 1060. The quantitative estimate of drug-likeness (QED) is 0.211. The van der Waals surface area contributed by atoms with Gasteiger partial charge in [0, 0.05) is 35.4 Å². The van der Waals surface area contributed by atoms with E-state index in [0.717, 1.165) is 36.9 Å². The minimum atomic E-state index is -1.92. The van der Waals surface area contributed by atoms with Gasteiger partial charge in [0.1, 0.15) is 6.61 Å². The first kappa shape index (κ1) is 26.0. The number of nitrogens with zero attached hydrogens (tertiary/aromatic N) is 3. The molecule has 0 aliphatic rings. The molecule has 0 saturated carbocycles. The summed E-state index contributed by atoms with van der Waals surface area (Å²) in [7, 11) is 0. The Morgan fingerprint density at radius 1 is 0.853 bits per heavy atom. The smallest absolute Gasteiger partial charge is 0.201 e. The van der Waals surface area contributed by atoms with E-state index in [-0.39, 0.29) is 23.6 Å². The highest BCUT2D eigenvalue weighted by Crippen LogP contribution is 2.31. The maximum absolute atomic E-state index is 14.7. The van der Waals surface area contributed by atoms with Gasteiger partial charge in [-0.25, -0.2) is 18.7 Å². The Morgan fingerprint density at radius 2 is 1.53 bits per heavy atom. The lowest BCUT2D eigenvalue weighted by Crippen LogP contribution is -2.24. The number of thiol groups is 1. The Labute approximate surface area is 204 Å². The van der Waals surface area contributed by atoms with E-state index >= 15 is 0 Å². The van der Waals surface area contributed by atoms with Crippen LogP contribution in [-0.2, 0) is 0 Å². The van der Waals surface area contributed by atoms with Gasteiger partial charge in [0.15, 0.2) is 22.4 Å². The minimum Gasteiger partial charge on any atom is -0.486 e. The van der Waals surface area contributed by atoms with Crippen LogP contribution in [0.5, 0.6) is 5.75 Å². The summed E-state index contributed by atoms with van der Waals surface area (Å²) in [6.07, 6.45) is 11.0. The molecule has 182 valence electrons. The normalized spacial score (nSPS) is 13.0. The van der Waals surface area contributed by atoms with Crippen LogP contribution < -0.4 is 4.74 Å². The molecule has 2 heterocycles. The van der Waals surface area contributed by atoms with Crippen molar-refractivity contribution in [3.63, 3.8) is 0 Å². The van der Waals surface area contributed by atoms with Gasteiger partial charge in [0.2, 0.25) is 5.82 Å². The molecule has 1 aromatic carbocycles. The first-order chi connectivity index (χ1) is 16.3. The van der Waals surface area contributed by atoms with Gasteiger partial charge in [-0.05, 0) is 38.0 Å². The zero-order chi connectivity index (χ0) is 24.6. The second kappa shape index (κ2) is 12.2. The van der Waals surface area contributed by atoms with Gasteiger partial charge < -0.3 is 4.74 Å². The number of hydrogen-bond donors (Lipinski definition) is 1. The molecule has 3 rings (SSSR count). The van der Waals surface area contributed by atoms with Crippen LogP contribution >= 0.6 is 12.6 Å². The third kappa shape index (κ3) is 7.19. The monoisotopic (exact) mass is 489 g/mol. The number of rotatable bonds is 12. The highest BCUT2D eigenvalue weighted by Gasteiger charge is 2.26. The van der Waals surface area contributed by atoms with Crippen LogP contribution in [0, 0.1) is 18.6 Å². The Morgan fingerprint density at radius 3 is 2.21 bits per heavy atom. The molecule has 2 aromatic heterocycles. The molecule has 1 atom stereocenters. The van der Waals surface area contributed by atoms with Crippen molar-refractivity contribution < 1.29 is 17.9 Å². The highest BCUT2D eigenvalue weighted by atomic mass is 32.1. The standard InChI is InChI=1S/C26H30F3N3OS/c1-3-4-5-6-7-8-13-26(29,34)17-33-22-12-11-21(23(27)24(22)28)25-31-15-20(16-32-25)19-10-9-18(2)30-14-19/h9-12,14-16,34H,3-8,13,17H2,1-2H3. The number of halogens is 3. The first-order valence-corrected chi connectivity index (χ1v) is 12.0. The molecular weight excluding hydrogens is 459 g/mol. The summed E-state index contributed by atoms with van der Waals surface area (Å²) in [4.78, 5) is 12.6. The lowest BCUT2D eigenvalue weighted by atomic mass is 10.1. The van der Waals surface area contributed by atoms with Crippen molar-refractivity contribution >= 4 is 12.6 Å². The van der Waals surface area contributed by atoms with Crippen LogP contribution in [-0.4, -0.2) is 26.6 Å². The van der Waals surface area contributed by atoms with Crippen LogP contribution in [0.2, 0.25) is 0 Å². The van der Waals surface area contributed by atoms with E-state index in [0.29, 0.717) is 12.0 Å². The van der Waals surface area contributed by atoms with E-state index in [1.54, 1.807) is 6.20 Å². The van der Waals surface area contributed by atoms with Crippen LogP contribution in [0.4, 0.5) is 13.2 Å². The predicted molar refractivity (Wildman–Crippen MR) is 132 cm³/mol. The summed E-state index contributed by atoms with van der Waals surface area (Å²) in [5, 5.41) is -1.92. The second-order valence-corrected chi connectivity index (χ2v) is 9.25. The molecule has 0 saturated heterocycles. The second-order valence-electron chi connectivity index (χ2n) is 8.45. The maximum atomic E-state index is 14.7. The molecule has 3 aromatic rings. The van der Waals surface area contributed by atoms with Crippen molar-refractivity contribution in [1.29, 1.82) is 0 Å². The molecule has 1 unspecified atom stereocenters. The van der Waals surface area contributed by atoms with Crippen LogP contribution in [0.1, 0.15) is 57.6 Å². The average Bonchev–Trinajstić information content (AvgIpc) is 2.83. The van der Waals surface area contributed by atoms with E-state index in [2.05, 4.69) is 34.5 Å². The Kier molecular flexibility index (Phi) is 9.33. The van der Waals surface area contributed by atoms with Gasteiger partial charge >= 0.3 is 0 Å². The topological polar surface area (TPSA) is 47.9 Å². The summed E-state index contributed by atoms with van der Waals surface area (Å²) in [6.45, 7) is 3.55. The van der Waals surface area contributed by atoms with Gasteiger partial charge in [-0.3, -0.25) is 4.98 Å². The summed E-state index contributed by atoms with van der Waals surface area (Å²) < 4.78 is 49.2. The fourth-order valence-electron chi connectivity index (χ4n) is 3.51. The van der Waals surface area contributed by atoms with Gasteiger partial charge in [-0.1, -0.05) is 45.1 Å². The number of aromatic nitrogens is 3. The van der Waals surface area contributed by atoms with E-state index in [1.165, 1.54) is 30.9 Å². The SMILES string of the molecule is CCCCCCCCC(F)(S)COc1ccc(-c2ncc(-c3ccc(C)nc3)cn2)c(F)c1F. The van der Waals surface area contributed by atoms with Crippen LogP contribution in [0.25, 0.3) is 22.5 Å². The summed E-state index contributed by atoms with van der Waals surface area (Å²) in [5.41, 5.74) is 2.29. The molecule has 0 amide bonds. The lowest BCUT2D eigenvalue weighted by molar-refractivity contribution is 0.152. The van der Waals surface area contributed by atoms with Crippen molar-refractivity contribution in [2.24, 2.45) is 0 Å². The van der Waals surface area contributed by atoms with E-state index < -0.39 is 23.2 Å². The fraction of sp³-hybridized carbons (Fsp3) is 0.423. The predicted octanol–water partition coefficient (Wildman–Crippen LogP) is 7.52. The molecule has 0 N–H and O–H groups in total. The van der Waals surface area contributed by atoms with Crippen molar-refractivity contribution in [2.45, 2.75) is 63.8 Å². The van der Waals surface area contributed by atoms with Gasteiger partial charge in [0.25, 0.3) is 0 Å². The van der Waals surface area contributed by atoms with Gasteiger partial charge in [-0.15, -0.1) is 12.6 Å². The minimum absolute atomic E-state index is 0.0314. The lowest BCUT2D eigenvalue weighted by Gasteiger charge is -2.20. The van der Waals surface area contributed by atoms with Gasteiger partial charge in [0.05, 0.1) is 5.56 Å². The molecule has 4 nitrogen and oxygen atoms in total. The van der Waals surface area contributed by atoms with E-state index in [1.807, 2.05) is 19.1 Å². The fourth-order valence-corrected chi connectivity index (χ4v) is 3.73. The van der Waals surface area contributed by atoms with Crippen molar-refractivity contribution in [2.75, 3.05) is 6.61 Å². The molecule has 0 spiro atoms. The van der Waals surface area contributed by atoms with Crippen molar-refractivity contribution in [3.8, 4) is 28.3 Å². The third-order valence-corrected chi connectivity index (χ3v) is 5.90. The molecule has 0 radical (unpaired) electrons. The largest absolute Gasteiger partial charge is 0.486 e. The Hall–Kier alpha value is -2.61. The van der Waals surface area contributed by atoms with Crippen molar-refractivity contribution in [1.82, 2.24) is 15.0 Å². The molecule has 0 aliphatic carbocycles. The van der Waals surface area contributed by atoms with E-state index in [4.69, 9.17) is 4.74 Å². The highest BCUT2D eigenvalue weighted by molar-refractivity contribution is 7.81. The molecule has 34 heavy (non-hydrogen) atoms. The number of alkyl halides is 1.